The lowest BCUT2D eigenvalue weighted by molar-refractivity contribution is -0.113. The van der Waals surface area contributed by atoms with Crippen molar-refractivity contribution in [2.75, 3.05) is 12.0 Å². The number of hydrogen-bond acceptors (Lipinski definition) is 4. The van der Waals surface area contributed by atoms with Crippen molar-refractivity contribution >= 4 is 57.9 Å². The zero-order chi connectivity index (χ0) is 17.3. The molecule has 0 N–H and O–H groups in total. The first-order chi connectivity index (χ1) is 11.5. The van der Waals surface area contributed by atoms with Crippen molar-refractivity contribution in [2.24, 2.45) is 0 Å². The lowest BCUT2D eigenvalue weighted by atomic mass is 10.2. The summed E-state index contributed by atoms with van der Waals surface area (Å²) in [7, 11) is 1.55. The molecule has 3 rings (SSSR count). The van der Waals surface area contributed by atoms with Crippen molar-refractivity contribution in [1.29, 1.82) is 0 Å². The zero-order valence-corrected chi connectivity index (χ0v) is 14.8. The largest absolute Gasteiger partial charge is 0.496 e. The molecule has 7 heteroatoms. The number of amides is 2. The van der Waals surface area contributed by atoms with Crippen LogP contribution >= 0.6 is 35.0 Å². The van der Waals surface area contributed by atoms with Gasteiger partial charge in [0, 0.05) is 5.56 Å². The van der Waals surface area contributed by atoms with Crippen LogP contribution in [0.2, 0.25) is 10.0 Å². The molecule has 1 saturated heterocycles. The minimum atomic E-state index is -0.408. The monoisotopic (exact) mass is 379 g/mol. The average Bonchev–Trinajstić information content (AvgIpc) is 2.85. The zero-order valence-electron chi connectivity index (χ0n) is 12.5. The maximum atomic E-state index is 12.6. The van der Waals surface area contributed by atoms with Crippen LogP contribution in [0.1, 0.15) is 5.56 Å². The molecule has 2 aromatic rings. The summed E-state index contributed by atoms with van der Waals surface area (Å²) < 4.78 is 5.26. The fourth-order valence-corrected chi connectivity index (χ4v) is 3.37. The van der Waals surface area contributed by atoms with Crippen LogP contribution in [-0.2, 0) is 4.79 Å². The fraction of sp³-hybridized carbons (Fsp3) is 0.0588. The molecule has 1 heterocycles. The SMILES string of the molecule is COc1ccccc1/C=C1\SC(=O)N(c2ccc(Cl)c(Cl)c2)C1=O. The Balaban J connectivity index is 1.97. The van der Waals surface area contributed by atoms with Crippen LogP contribution in [0, 0.1) is 0 Å². The molecule has 1 aliphatic rings. The number of ether oxygens (including phenoxy) is 1. The van der Waals surface area contributed by atoms with Crippen molar-refractivity contribution in [1.82, 2.24) is 0 Å². The van der Waals surface area contributed by atoms with Crippen LogP contribution in [-0.4, -0.2) is 18.3 Å². The third-order valence-corrected chi connectivity index (χ3v) is 4.99. The van der Waals surface area contributed by atoms with Gasteiger partial charge in [-0.3, -0.25) is 9.59 Å². The number of benzene rings is 2. The van der Waals surface area contributed by atoms with E-state index in [2.05, 4.69) is 0 Å². The summed E-state index contributed by atoms with van der Waals surface area (Å²) in [5, 5.41) is 0.249. The van der Waals surface area contributed by atoms with Gasteiger partial charge in [0.05, 0.1) is 27.7 Å². The summed E-state index contributed by atoms with van der Waals surface area (Å²) in [4.78, 5) is 26.3. The normalized spacial score (nSPS) is 16.1. The maximum Gasteiger partial charge on any atom is 0.298 e. The molecular formula is C17H11Cl2NO3S. The highest BCUT2D eigenvalue weighted by molar-refractivity contribution is 8.19. The fourth-order valence-electron chi connectivity index (χ4n) is 2.24. The van der Waals surface area contributed by atoms with E-state index in [0.717, 1.165) is 22.2 Å². The Hall–Kier alpha value is -1.95. The molecule has 1 fully saturated rings. The van der Waals surface area contributed by atoms with Crippen molar-refractivity contribution in [3.8, 4) is 5.75 Å². The second-order valence-corrected chi connectivity index (χ2v) is 6.67. The minimum Gasteiger partial charge on any atom is -0.496 e. The Morgan fingerprint density at radius 3 is 2.54 bits per heavy atom. The highest BCUT2D eigenvalue weighted by Gasteiger charge is 2.36. The van der Waals surface area contributed by atoms with Gasteiger partial charge in [-0.1, -0.05) is 41.4 Å². The van der Waals surface area contributed by atoms with Crippen LogP contribution in [0.4, 0.5) is 10.5 Å². The van der Waals surface area contributed by atoms with Gasteiger partial charge in [0.25, 0.3) is 11.1 Å². The number of para-hydroxylation sites is 1. The molecule has 2 amide bonds. The number of imide groups is 1. The molecule has 24 heavy (non-hydrogen) atoms. The number of anilines is 1. The van der Waals surface area contributed by atoms with E-state index in [0.29, 0.717) is 21.4 Å². The van der Waals surface area contributed by atoms with Gasteiger partial charge >= 0.3 is 0 Å². The molecule has 122 valence electrons. The Bertz CT molecular complexity index is 867. The van der Waals surface area contributed by atoms with E-state index >= 15 is 0 Å². The van der Waals surface area contributed by atoms with Gasteiger partial charge in [0.15, 0.2) is 0 Å². The molecule has 0 spiro atoms. The maximum absolute atomic E-state index is 12.6. The predicted molar refractivity (Wildman–Crippen MR) is 97.9 cm³/mol. The standard InChI is InChI=1S/C17H11Cl2NO3S/c1-23-14-5-3-2-4-10(14)8-15-16(21)20(17(22)24-15)11-6-7-12(18)13(19)9-11/h2-9H,1H3/b15-8-. The molecule has 2 aromatic carbocycles. The Morgan fingerprint density at radius 2 is 1.83 bits per heavy atom. The molecule has 1 aliphatic heterocycles. The number of carbonyl (C=O) groups excluding carboxylic acids is 2. The number of methoxy groups -OCH3 is 1. The van der Waals surface area contributed by atoms with Gasteiger partial charge in [0.1, 0.15) is 5.75 Å². The second-order valence-electron chi connectivity index (χ2n) is 4.86. The van der Waals surface area contributed by atoms with Crippen LogP contribution in [0.25, 0.3) is 6.08 Å². The number of nitrogens with zero attached hydrogens (tertiary/aromatic N) is 1. The molecule has 0 unspecified atom stereocenters. The van der Waals surface area contributed by atoms with Crippen molar-refractivity contribution in [3.63, 3.8) is 0 Å². The van der Waals surface area contributed by atoms with Crippen molar-refractivity contribution in [2.45, 2.75) is 0 Å². The summed E-state index contributed by atoms with van der Waals surface area (Å²) in [5.41, 5.74) is 1.11. The van der Waals surface area contributed by atoms with E-state index in [-0.39, 0.29) is 10.3 Å². The van der Waals surface area contributed by atoms with Crippen molar-refractivity contribution in [3.05, 3.63) is 63.0 Å². The lowest BCUT2D eigenvalue weighted by Gasteiger charge is -2.13. The van der Waals surface area contributed by atoms with Crippen LogP contribution < -0.4 is 9.64 Å². The number of hydrogen-bond donors (Lipinski definition) is 0. The second kappa shape index (κ2) is 6.89. The molecular weight excluding hydrogens is 369 g/mol. The van der Waals surface area contributed by atoms with Crippen molar-refractivity contribution < 1.29 is 14.3 Å². The molecule has 0 radical (unpaired) electrons. The number of rotatable bonds is 3. The van der Waals surface area contributed by atoms with Crippen LogP contribution in [0.15, 0.2) is 47.4 Å². The van der Waals surface area contributed by atoms with Gasteiger partial charge in [0.2, 0.25) is 0 Å². The van der Waals surface area contributed by atoms with E-state index in [9.17, 15) is 9.59 Å². The Kier molecular flexibility index (Phi) is 4.85. The molecule has 0 atom stereocenters. The first kappa shape index (κ1) is 16.9. The van der Waals surface area contributed by atoms with Crippen LogP contribution in [0.5, 0.6) is 5.75 Å². The quantitative estimate of drug-likeness (QED) is 0.683. The lowest BCUT2D eigenvalue weighted by Crippen LogP contribution is -2.27. The Labute approximate surface area is 153 Å². The third kappa shape index (κ3) is 3.15. The summed E-state index contributed by atoms with van der Waals surface area (Å²) in [6.45, 7) is 0. The van der Waals surface area contributed by atoms with E-state index in [1.165, 1.54) is 6.07 Å². The van der Waals surface area contributed by atoms with Gasteiger partial charge < -0.3 is 4.74 Å². The van der Waals surface area contributed by atoms with Crippen LogP contribution in [0.3, 0.4) is 0 Å². The minimum absolute atomic E-state index is 0.280. The van der Waals surface area contributed by atoms with Gasteiger partial charge in [-0.15, -0.1) is 0 Å². The average molecular weight is 380 g/mol. The highest BCUT2D eigenvalue weighted by Crippen LogP contribution is 2.38. The van der Waals surface area contributed by atoms with Gasteiger partial charge in [-0.25, -0.2) is 4.90 Å². The smallest absolute Gasteiger partial charge is 0.298 e. The third-order valence-electron chi connectivity index (χ3n) is 3.38. The van der Waals surface area contributed by atoms with E-state index < -0.39 is 5.91 Å². The van der Waals surface area contributed by atoms with E-state index in [4.69, 9.17) is 27.9 Å². The highest BCUT2D eigenvalue weighted by atomic mass is 35.5. The topological polar surface area (TPSA) is 46.6 Å². The van der Waals surface area contributed by atoms with Gasteiger partial charge in [-0.2, -0.15) is 0 Å². The molecule has 0 aliphatic carbocycles. The van der Waals surface area contributed by atoms with Gasteiger partial charge in [-0.05, 0) is 42.1 Å². The Morgan fingerprint density at radius 1 is 1.08 bits per heavy atom. The summed E-state index contributed by atoms with van der Waals surface area (Å²) in [6.07, 6.45) is 1.64. The number of carbonyl (C=O) groups is 2. The predicted octanol–water partition coefficient (Wildman–Crippen LogP) is 5.24. The van der Waals surface area contributed by atoms with E-state index in [1.807, 2.05) is 18.2 Å². The number of halogens is 2. The van der Waals surface area contributed by atoms with E-state index in [1.54, 1.807) is 31.4 Å². The number of thioether (sulfide) groups is 1. The summed E-state index contributed by atoms with van der Waals surface area (Å²) in [5.74, 6) is 0.216. The molecule has 4 nitrogen and oxygen atoms in total. The first-order valence-electron chi connectivity index (χ1n) is 6.87. The molecule has 0 bridgehead atoms. The molecule has 0 aromatic heterocycles. The summed E-state index contributed by atoms with van der Waals surface area (Å²) in [6, 6.07) is 11.9. The summed E-state index contributed by atoms with van der Waals surface area (Å²) >= 11 is 12.7. The first-order valence-corrected chi connectivity index (χ1v) is 8.44. The molecule has 0 saturated carbocycles.